The Balaban J connectivity index is 1.97. The van der Waals surface area contributed by atoms with E-state index < -0.39 is 0 Å². The summed E-state index contributed by atoms with van der Waals surface area (Å²) in [6.07, 6.45) is 11.2. The van der Waals surface area contributed by atoms with Crippen LogP contribution in [0.3, 0.4) is 0 Å². The molecule has 1 aliphatic heterocycles. The van der Waals surface area contributed by atoms with E-state index in [-0.39, 0.29) is 17.7 Å². The number of carbonyl (C=O) groups excluding carboxylic acids is 1. The van der Waals surface area contributed by atoms with Gasteiger partial charge in [-0.1, -0.05) is 12.2 Å². The van der Waals surface area contributed by atoms with Crippen LogP contribution in [0.25, 0.3) is 5.70 Å². The van der Waals surface area contributed by atoms with E-state index in [4.69, 9.17) is 4.74 Å². The van der Waals surface area contributed by atoms with Gasteiger partial charge in [-0.15, -0.1) is 0 Å². The second kappa shape index (κ2) is 4.72. The maximum absolute atomic E-state index is 12.1. The molecule has 4 nitrogen and oxygen atoms in total. The predicted octanol–water partition coefficient (Wildman–Crippen LogP) is 1.88. The zero-order valence-corrected chi connectivity index (χ0v) is 10.5. The molecule has 1 N–H and O–H groups in total. The van der Waals surface area contributed by atoms with E-state index in [1.807, 2.05) is 36.4 Å². The number of aromatic nitrogens is 1. The van der Waals surface area contributed by atoms with Crippen molar-refractivity contribution in [1.82, 2.24) is 10.3 Å². The van der Waals surface area contributed by atoms with Gasteiger partial charge in [0, 0.05) is 29.6 Å². The number of hydrogen-bond acceptors (Lipinski definition) is 3. The molecular formula is C15H14N2O2. The number of rotatable bonds is 2. The Morgan fingerprint density at radius 2 is 2.26 bits per heavy atom. The first-order chi connectivity index (χ1) is 9.28. The predicted molar refractivity (Wildman–Crippen MR) is 71.6 cm³/mol. The molecule has 19 heavy (non-hydrogen) atoms. The molecule has 0 aromatic carbocycles. The van der Waals surface area contributed by atoms with Crippen LogP contribution in [0.2, 0.25) is 0 Å². The van der Waals surface area contributed by atoms with E-state index in [0.29, 0.717) is 0 Å². The summed E-state index contributed by atoms with van der Waals surface area (Å²) in [5.41, 5.74) is 1.72. The van der Waals surface area contributed by atoms with Crippen LogP contribution in [0.5, 0.6) is 0 Å². The summed E-state index contributed by atoms with van der Waals surface area (Å²) in [6.45, 7) is 0. The molecule has 1 aliphatic carbocycles. The Morgan fingerprint density at radius 3 is 3.00 bits per heavy atom. The normalized spacial score (nSPS) is 25.0. The van der Waals surface area contributed by atoms with Gasteiger partial charge in [-0.25, -0.2) is 0 Å². The number of allylic oxidation sites excluding steroid dienone is 3. The highest BCUT2D eigenvalue weighted by atomic mass is 16.5. The summed E-state index contributed by atoms with van der Waals surface area (Å²) in [6, 6.07) is 3.78. The van der Waals surface area contributed by atoms with Gasteiger partial charge in [-0.3, -0.25) is 9.78 Å². The zero-order chi connectivity index (χ0) is 13.2. The molecule has 0 fully saturated rings. The lowest BCUT2D eigenvalue weighted by Crippen LogP contribution is -2.37. The SMILES string of the molecule is COC1=CC2C=C(c3cccnc3)NC(=O)C2C=C1. The summed E-state index contributed by atoms with van der Waals surface area (Å²) in [5.74, 6) is 0.676. The fourth-order valence-electron chi connectivity index (χ4n) is 2.37. The smallest absolute Gasteiger partial charge is 0.232 e. The second-order valence-corrected chi connectivity index (χ2v) is 4.55. The van der Waals surface area contributed by atoms with Gasteiger partial charge in [0.15, 0.2) is 0 Å². The van der Waals surface area contributed by atoms with Gasteiger partial charge in [-0.2, -0.15) is 0 Å². The lowest BCUT2D eigenvalue weighted by atomic mass is 9.83. The Hall–Kier alpha value is -2.36. The van der Waals surface area contributed by atoms with Crippen LogP contribution in [-0.2, 0) is 9.53 Å². The fourth-order valence-corrected chi connectivity index (χ4v) is 2.37. The van der Waals surface area contributed by atoms with E-state index in [9.17, 15) is 4.79 Å². The third-order valence-electron chi connectivity index (χ3n) is 3.37. The second-order valence-electron chi connectivity index (χ2n) is 4.55. The fraction of sp³-hybridized carbons (Fsp3) is 0.200. The molecular weight excluding hydrogens is 240 g/mol. The van der Waals surface area contributed by atoms with Crippen molar-refractivity contribution in [2.75, 3.05) is 7.11 Å². The molecule has 1 amide bonds. The standard InChI is InChI=1S/C15H14N2O2/c1-19-12-4-5-13-11(7-12)8-14(17-15(13)18)10-3-2-6-16-9-10/h2-9,11,13H,1H3,(H,17,18). The lowest BCUT2D eigenvalue weighted by Gasteiger charge is -2.28. The Bertz CT molecular complexity index is 587. The van der Waals surface area contributed by atoms with Gasteiger partial charge in [0.1, 0.15) is 5.76 Å². The van der Waals surface area contributed by atoms with E-state index in [1.165, 1.54) is 0 Å². The first kappa shape index (κ1) is 11.7. The van der Waals surface area contributed by atoms with Crippen molar-refractivity contribution >= 4 is 11.6 Å². The Labute approximate surface area is 111 Å². The molecule has 2 unspecified atom stereocenters. The van der Waals surface area contributed by atoms with Crippen LogP contribution in [-0.4, -0.2) is 18.0 Å². The van der Waals surface area contributed by atoms with Crippen molar-refractivity contribution in [3.63, 3.8) is 0 Å². The largest absolute Gasteiger partial charge is 0.497 e. The van der Waals surface area contributed by atoms with Crippen LogP contribution in [0.1, 0.15) is 5.56 Å². The molecule has 2 heterocycles. The first-order valence-electron chi connectivity index (χ1n) is 6.15. The van der Waals surface area contributed by atoms with Crippen LogP contribution in [0.15, 0.2) is 54.6 Å². The van der Waals surface area contributed by atoms with Crippen molar-refractivity contribution in [2.45, 2.75) is 0 Å². The van der Waals surface area contributed by atoms with Gasteiger partial charge in [-0.05, 0) is 24.3 Å². The topological polar surface area (TPSA) is 51.2 Å². The maximum Gasteiger partial charge on any atom is 0.232 e. The number of nitrogens with one attached hydrogen (secondary N) is 1. The average molecular weight is 254 g/mol. The highest BCUT2D eigenvalue weighted by Crippen LogP contribution is 2.31. The van der Waals surface area contributed by atoms with E-state index in [0.717, 1.165) is 17.0 Å². The summed E-state index contributed by atoms with van der Waals surface area (Å²) in [7, 11) is 1.63. The monoisotopic (exact) mass is 254 g/mol. The molecule has 2 atom stereocenters. The highest BCUT2D eigenvalue weighted by molar-refractivity contribution is 5.92. The molecule has 4 heteroatoms. The quantitative estimate of drug-likeness (QED) is 0.876. The lowest BCUT2D eigenvalue weighted by molar-refractivity contribution is -0.123. The first-order valence-corrected chi connectivity index (χ1v) is 6.15. The van der Waals surface area contributed by atoms with Crippen molar-refractivity contribution in [3.05, 3.63) is 60.2 Å². The Morgan fingerprint density at radius 1 is 1.37 bits per heavy atom. The van der Waals surface area contributed by atoms with Gasteiger partial charge in [0.25, 0.3) is 0 Å². The molecule has 96 valence electrons. The summed E-state index contributed by atoms with van der Waals surface area (Å²) < 4.78 is 5.22. The number of methoxy groups -OCH3 is 1. The molecule has 1 aromatic rings. The third-order valence-corrected chi connectivity index (χ3v) is 3.37. The Kier molecular flexibility index (Phi) is 2.91. The zero-order valence-electron chi connectivity index (χ0n) is 10.5. The van der Waals surface area contributed by atoms with Crippen molar-refractivity contribution < 1.29 is 9.53 Å². The number of nitrogens with zero attached hydrogens (tertiary/aromatic N) is 1. The molecule has 1 aromatic heterocycles. The van der Waals surface area contributed by atoms with Crippen molar-refractivity contribution in [1.29, 1.82) is 0 Å². The van der Waals surface area contributed by atoms with Crippen LogP contribution in [0.4, 0.5) is 0 Å². The molecule has 2 aliphatic rings. The van der Waals surface area contributed by atoms with E-state index >= 15 is 0 Å². The van der Waals surface area contributed by atoms with Crippen molar-refractivity contribution in [3.8, 4) is 0 Å². The van der Waals surface area contributed by atoms with Crippen LogP contribution in [0, 0.1) is 11.8 Å². The minimum Gasteiger partial charge on any atom is -0.497 e. The number of ether oxygens (including phenoxy) is 1. The molecule has 0 saturated carbocycles. The minimum atomic E-state index is -0.153. The highest BCUT2D eigenvalue weighted by Gasteiger charge is 2.31. The molecule has 3 rings (SSSR count). The number of fused-ring (bicyclic) bond motifs is 1. The average Bonchev–Trinajstić information content (AvgIpc) is 2.47. The summed E-state index contributed by atoms with van der Waals surface area (Å²) in [4.78, 5) is 16.2. The molecule has 0 saturated heterocycles. The van der Waals surface area contributed by atoms with Crippen molar-refractivity contribution in [2.24, 2.45) is 11.8 Å². The number of amides is 1. The number of carbonyl (C=O) groups is 1. The van der Waals surface area contributed by atoms with Crippen LogP contribution >= 0.6 is 0 Å². The molecule has 0 bridgehead atoms. The number of hydrogen-bond donors (Lipinski definition) is 1. The maximum atomic E-state index is 12.1. The van der Waals surface area contributed by atoms with Gasteiger partial charge in [0.2, 0.25) is 5.91 Å². The van der Waals surface area contributed by atoms with E-state index in [1.54, 1.807) is 19.5 Å². The number of pyridine rings is 1. The van der Waals surface area contributed by atoms with Crippen LogP contribution < -0.4 is 5.32 Å². The van der Waals surface area contributed by atoms with E-state index in [2.05, 4.69) is 10.3 Å². The minimum absolute atomic E-state index is 0.00834. The molecule has 0 radical (unpaired) electrons. The van der Waals surface area contributed by atoms with Gasteiger partial charge < -0.3 is 10.1 Å². The summed E-state index contributed by atoms with van der Waals surface area (Å²) in [5, 5.41) is 2.93. The third kappa shape index (κ3) is 2.17. The van der Waals surface area contributed by atoms with Gasteiger partial charge >= 0.3 is 0 Å². The molecule has 0 spiro atoms. The summed E-state index contributed by atoms with van der Waals surface area (Å²) >= 11 is 0. The van der Waals surface area contributed by atoms with Gasteiger partial charge in [0.05, 0.1) is 13.0 Å².